The summed E-state index contributed by atoms with van der Waals surface area (Å²) in [5.74, 6) is -1.61. The molecule has 0 fully saturated rings. The van der Waals surface area contributed by atoms with Crippen LogP contribution < -0.4 is 0 Å². The predicted octanol–water partition coefficient (Wildman–Crippen LogP) is 4.66. The number of carbonyl (C=O) groups excluding carboxylic acids is 1. The summed E-state index contributed by atoms with van der Waals surface area (Å²) in [6.45, 7) is 4.44. The van der Waals surface area contributed by atoms with E-state index in [0.29, 0.717) is 30.0 Å². The van der Waals surface area contributed by atoms with Gasteiger partial charge in [0.05, 0.1) is 29.3 Å². The van der Waals surface area contributed by atoms with Gasteiger partial charge in [-0.1, -0.05) is 23.8 Å². The van der Waals surface area contributed by atoms with Crippen molar-refractivity contribution in [3.05, 3.63) is 71.2 Å². The van der Waals surface area contributed by atoms with E-state index in [9.17, 15) is 13.6 Å². The van der Waals surface area contributed by atoms with Crippen LogP contribution in [0.5, 0.6) is 0 Å². The molecular weight excluding hydrogens is 412 g/mol. The molecule has 1 aliphatic heterocycles. The molecule has 0 saturated carbocycles. The van der Waals surface area contributed by atoms with E-state index in [2.05, 4.69) is 21.8 Å². The van der Waals surface area contributed by atoms with Crippen molar-refractivity contribution < 1.29 is 13.6 Å². The fraction of sp³-hybridized carbons (Fsp3) is 0.238. The molecule has 3 aromatic rings. The first-order valence-electron chi connectivity index (χ1n) is 9.34. The number of carbonyl (C=O) groups is 1. The summed E-state index contributed by atoms with van der Waals surface area (Å²) >= 11 is 6.21. The zero-order valence-corrected chi connectivity index (χ0v) is 16.7. The highest BCUT2D eigenvalue weighted by Gasteiger charge is 2.28. The number of amides is 1. The molecule has 1 unspecified atom stereocenters. The molecule has 154 valence electrons. The van der Waals surface area contributed by atoms with E-state index in [1.165, 1.54) is 17.1 Å². The van der Waals surface area contributed by atoms with Crippen molar-refractivity contribution in [3.63, 3.8) is 0 Å². The number of hydrazone groups is 1. The molecule has 30 heavy (non-hydrogen) atoms. The van der Waals surface area contributed by atoms with Gasteiger partial charge >= 0.3 is 0 Å². The van der Waals surface area contributed by atoms with Crippen LogP contribution in [-0.2, 0) is 11.3 Å². The van der Waals surface area contributed by atoms with Crippen molar-refractivity contribution in [2.24, 2.45) is 5.10 Å². The molecule has 0 saturated heterocycles. The maximum Gasteiger partial charge on any atom is 0.243 e. The first-order chi connectivity index (χ1) is 14.4. The van der Waals surface area contributed by atoms with Crippen LogP contribution in [0.4, 0.5) is 8.78 Å². The van der Waals surface area contributed by atoms with Crippen molar-refractivity contribution in [3.8, 4) is 0 Å². The Bertz CT molecular complexity index is 1140. The van der Waals surface area contributed by atoms with Gasteiger partial charge in [-0.3, -0.25) is 14.5 Å². The van der Waals surface area contributed by atoms with Gasteiger partial charge in [-0.2, -0.15) is 10.2 Å². The van der Waals surface area contributed by atoms with E-state index in [1.807, 2.05) is 0 Å². The van der Waals surface area contributed by atoms with Crippen molar-refractivity contribution in [2.45, 2.75) is 31.8 Å². The molecule has 1 aliphatic rings. The first kappa shape index (κ1) is 20.2. The number of hydrogen-bond acceptors (Lipinski definition) is 4. The predicted molar refractivity (Wildman–Crippen MR) is 110 cm³/mol. The zero-order valence-electron chi connectivity index (χ0n) is 15.9. The van der Waals surface area contributed by atoms with Crippen LogP contribution in [0, 0.1) is 11.6 Å². The summed E-state index contributed by atoms with van der Waals surface area (Å²) in [6.07, 6.45) is 7.47. The number of benzene rings is 1. The van der Waals surface area contributed by atoms with Crippen LogP contribution in [0.3, 0.4) is 0 Å². The number of halogens is 3. The third-order valence-corrected chi connectivity index (χ3v) is 5.19. The van der Waals surface area contributed by atoms with Gasteiger partial charge in [0.25, 0.3) is 0 Å². The van der Waals surface area contributed by atoms with Crippen LogP contribution in [-0.4, -0.2) is 31.9 Å². The molecule has 0 radical (unpaired) electrons. The first-order valence-corrected chi connectivity index (χ1v) is 9.72. The Kier molecular flexibility index (Phi) is 5.59. The molecule has 0 N–H and O–H groups in total. The number of fused-ring (bicyclic) bond motifs is 1. The zero-order chi connectivity index (χ0) is 21.3. The summed E-state index contributed by atoms with van der Waals surface area (Å²) in [4.78, 5) is 16.7. The van der Waals surface area contributed by atoms with Gasteiger partial charge in [0, 0.05) is 42.9 Å². The van der Waals surface area contributed by atoms with Crippen molar-refractivity contribution >= 4 is 34.6 Å². The number of nitrogens with zero attached hydrogens (tertiary/aromatic N) is 5. The summed E-state index contributed by atoms with van der Waals surface area (Å²) in [7, 11) is 0. The lowest BCUT2D eigenvalue weighted by Gasteiger charge is -2.22. The van der Waals surface area contributed by atoms with E-state index in [0.717, 1.165) is 22.5 Å². The fourth-order valence-electron chi connectivity index (χ4n) is 3.51. The van der Waals surface area contributed by atoms with Crippen LogP contribution in [0.25, 0.3) is 10.9 Å². The lowest BCUT2D eigenvalue weighted by Crippen LogP contribution is -2.27. The van der Waals surface area contributed by atoms with Gasteiger partial charge in [0.2, 0.25) is 5.91 Å². The Morgan fingerprint density at radius 1 is 1.17 bits per heavy atom. The SMILES string of the molecule is C=C(CCC(=O)N1N=CCC1c1cc(F)cc(F)c1)Cn1ncc2cncc(Cl)c21. The minimum atomic E-state index is -0.682. The highest BCUT2D eigenvalue weighted by atomic mass is 35.5. The van der Waals surface area contributed by atoms with E-state index in [-0.39, 0.29) is 12.3 Å². The van der Waals surface area contributed by atoms with E-state index >= 15 is 0 Å². The van der Waals surface area contributed by atoms with Gasteiger partial charge in [0.1, 0.15) is 11.6 Å². The number of pyridine rings is 1. The molecular formula is C21H18ClF2N5O. The Hall–Kier alpha value is -3.13. The molecule has 2 aromatic heterocycles. The number of rotatable bonds is 6. The molecule has 1 atom stereocenters. The van der Waals surface area contributed by atoms with Crippen molar-refractivity contribution in [1.82, 2.24) is 19.8 Å². The third-order valence-electron chi connectivity index (χ3n) is 4.92. The quantitative estimate of drug-likeness (QED) is 0.535. The number of aromatic nitrogens is 3. The van der Waals surface area contributed by atoms with Gasteiger partial charge in [0.15, 0.2) is 0 Å². The Balaban J connectivity index is 1.40. The smallest absolute Gasteiger partial charge is 0.243 e. The molecule has 9 heteroatoms. The molecule has 1 amide bonds. The molecule has 0 bridgehead atoms. The van der Waals surface area contributed by atoms with E-state index in [1.54, 1.807) is 29.5 Å². The Labute approximate surface area is 176 Å². The van der Waals surface area contributed by atoms with E-state index in [4.69, 9.17) is 11.6 Å². The monoisotopic (exact) mass is 429 g/mol. The van der Waals surface area contributed by atoms with Gasteiger partial charge < -0.3 is 0 Å². The largest absolute Gasteiger partial charge is 0.273 e. The van der Waals surface area contributed by atoms with Crippen molar-refractivity contribution in [1.29, 1.82) is 0 Å². The molecule has 4 rings (SSSR count). The highest BCUT2D eigenvalue weighted by molar-refractivity contribution is 6.34. The minimum Gasteiger partial charge on any atom is -0.273 e. The standard InChI is InChI=1S/C21H18ClF2N5O/c1-13(12-28-21-15(10-27-28)9-25-11-18(21)22)2-3-20(30)29-19(4-5-26-29)14-6-16(23)8-17(24)7-14/h5-11,19H,1-4,12H2. The van der Waals surface area contributed by atoms with Gasteiger partial charge in [-0.25, -0.2) is 13.8 Å². The second-order valence-corrected chi connectivity index (χ2v) is 7.51. The molecule has 3 heterocycles. The highest BCUT2D eigenvalue weighted by Crippen LogP contribution is 2.30. The average Bonchev–Trinajstić information content (AvgIpc) is 3.33. The number of hydrogen-bond donors (Lipinski definition) is 0. The second-order valence-electron chi connectivity index (χ2n) is 7.10. The fourth-order valence-corrected chi connectivity index (χ4v) is 3.77. The average molecular weight is 430 g/mol. The van der Waals surface area contributed by atoms with Crippen LogP contribution in [0.2, 0.25) is 5.02 Å². The Morgan fingerprint density at radius 2 is 1.93 bits per heavy atom. The Morgan fingerprint density at radius 3 is 2.70 bits per heavy atom. The van der Waals surface area contributed by atoms with Crippen LogP contribution in [0.15, 0.2) is 54.0 Å². The lowest BCUT2D eigenvalue weighted by molar-refractivity contribution is -0.133. The van der Waals surface area contributed by atoms with Gasteiger partial charge in [-0.05, 0) is 24.1 Å². The normalized spacial score (nSPS) is 15.8. The second kappa shape index (κ2) is 8.31. The van der Waals surface area contributed by atoms with Gasteiger partial charge in [-0.15, -0.1) is 0 Å². The van der Waals surface area contributed by atoms with Crippen molar-refractivity contribution in [2.75, 3.05) is 0 Å². The maximum absolute atomic E-state index is 13.6. The topological polar surface area (TPSA) is 63.4 Å². The molecule has 0 aliphatic carbocycles. The molecule has 1 aromatic carbocycles. The van der Waals surface area contributed by atoms with E-state index < -0.39 is 17.7 Å². The third kappa shape index (κ3) is 4.09. The summed E-state index contributed by atoms with van der Waals surface area (Å²) < 4.78 is 28.9. The van der Waals surface area contributed by atoms with Crippen LogP contribution >= 0.6 is 11.6 Å². The molecule has 0 spiro atoms. The summed E-state index contributed by atoms with van der Waals surface area (Å²) in [5.41, 5.74) is 1.93. The lowest BCUT2D eigenvalue weighted by atomic mass is 10.0. The van der Waals surface area contributed by atoms with Crippen LogP contribution in [0.1, 0.15) is 30.9 Å². The summed E-state index contributed by atoms with van der Waals surface area (Å²) in [5, 5.41) is 11.0. The maximum atomic E-state index is 13.6. The molecule has 6 nitrogen and oxygen atoms in total. The number of allylic oxidation sites excluding steroid dienone is 1. The minimum absolute atomic E-state index is 0.166. The summed E-state index contributed by atoms with van der Waals surface area (Å²) in [6, 6.07) is 2.74.